The minimum absolute atomic E-state index is 0.674. The van der Waals surface area contributed by atoms with Gasteiger partial charge in [-0.25, -0.2) is 29.9 Å². The van der Waals surface area contributed by atoms with Crippen molar-refractivity contribution < 1.29 is 0 Å². The largest absolute Gasteiger partial charge is 0.309 e. The highest BCUT2D eigenvalue weighted by atomic mass is 15.2. The SMILES string of the molecule is c1ccc(-c2nc(-c3ccc(-n4c5ccccc5c5c6c7ccccc7c7ccccc7c6c6ccccc6c54)cc3)c3ccccc3n2)cc1.c1ccc(-c2nc(-n3c4ccccc4c4c5c6ccccc6c6ccccc6c5c5ccccc5c43)c3ccccc3n2)cc1.c1ccc(-c2nc(-n3c4ccccc4c4c5c6ccccc6c6ccccc6c5c5ccccc5c43)nc3ccccc23)cc1. The highest BCUT2D eigenvalue weighted by Crippen LogP contribution is 2.54. The molecule has 141 heavy (non-hydrogen) atoms. The van der Waals surface area contributed by atoms with Gasteiger partial charge in [-0.1, -0.05) is 425 Å². The Morgan fingerprint density at radius 1 is 0.135 bits per heavy atom. The molecule has 6 heterocycles. The molecule has 9 nitrogen and oxygen atoms in total. The third-order valence-corrected chi connectivity index (χ3v) is 29.2. The van der Waals surface area contributed by atoms with Crippen LogP contribution in [-0.4, -0.2) is 43.6 Å². The van der Waals surface area contributed by atoms with Crippen molar-refractivity contribution in [2.45, 2.75) is 0 Å². The summed E-state index contributed by atoms with van der Waals surface area (Å²) in [5, 5.41) is 41.0. The highest BCUT2D eigenvalue weighted by molar-refractivity contribution is 6.46. The van der Waals surface area contributed by atoms with Gasteiger partial charge in [-0.3, -0.25) is 9.13 Å². The van der Waals surface area contributed by atoms with Crippen LogP contribution in [0.2, 0.25) is 0 Å². The van der Waals surface area contributed by atoms with Crippen molar-refractivity contribution in [3.63, 3.8) is 0 Å². The molecule has 0 radical (unpaired) electrons. The molecule has 0 saturated carbocycles. The van der Waals surface area contributed by atoms with Crippen molar-refractivity contribution in [3.8, 4) is 62.7 Å². The first-order valence-corrected chi connectivity index (χ1v) is 48.2. The van der Waals surface area contributed by atoms with E-state index in [0.29, 0.717) is 5.95 Å². The summed E-state index contributed by atoms with van der Waals surface area (Å²) in [4.78, 5) is 31.1. The minimum atomic E-state index is 0.674. The van der Waals surface area contributed by atoms with Gasteiger partial charge in [0.2, 0.25) is 5.95 Å². The van der Waals surface area contributed by atoms with E-state index in [4.69, 9.17) is 29.9 Å². The Kier molecular flexibility index (Phi) is 17.9. The fourth-order valence-corrected chi connectivity index (χ4v) is 23.4. The summed E-state index contributed by atoms with van der Waals surface area (Å²) in [6.07, 6.45) is 0. The molecule has 25 aromatic carbocycles. The number of nitrogens with zero attached hydrogens (tertiary/aromatic N) is 9. The highest BCUT2D eigenvalue weighted by Gasteiger charge is 2.30. The molecule has 9 heteroatoms. The molecule has 0 fully saturated rings. The number of hydrogen-bond acceptors (Lipinski definition) is 6. The van der Waals surface area contributed by atoms with Gasteiger partial charge in [0.25, 0.3) is 0 Å². The van der Waals surface area contributed by atoms with Gasteiger partial charge in [-0.05, 0) is 152 Å². The quantitative estimate of drug-likeness (QED) is 0.148. The van der Waals surface area contributed by atoms with Crippen molar-refractivity contribution >= 4 is 227 Å². The first-order valence-electron chi connectivity index (χ1n) is 48.2. The van der Waals surface area contributed by atoms with Crippen LogP contribution >= 0.6 is 0 Å². The number of benzene rings is 25. The lowest BCUT2D eigenvalue weighted by atomic mass is 9.88. The lowest BCUT2D eigenvalue weighted by Crippen LogP contribution is -2.04. The molecule has 0 atom stereocenters. The van der Waals surface area contributed by atoms with Crippen LogP contribution in [0.4, 0.5) is 0 Å². The van der Waals surface area contributed by atoms with E-state index in [1.54, 1.807) is 0 Å². The average Bonchev–Trinajstić information content (AvgIpc) is 1.51. The van der Waals surface area contributed by atoms with E-state index in [-0.39, 0.29) is 0 Å². The molecule has 0 bridgehead atoms. The topological polar surface area (TPSA) is 92.1 Å². The summed E-state index contributed by atoms with van der Waals surface area (Å²) in [6.45, 7) is 0. The molecule has 0 N–H and O–H groups in total. The van der Waals surface area contributed by atoms with Gasteiger partial charge in [0, 0.05) is 109 Å². The van der Waals surface area contributed by atoms with Crippen LogP contribution in [-0.2, 0) is 0 Å². The molecular formula is C132H79N9. The lowest BCUT2D eigenvalue weighted by Gasteiger charge is -2.17. The summed E-state index contributed by atoms with van der Waals surface area (Å²) >= 11 is 0. The van der Waals surface area contributed by atoms with Crippen LogP contribution in [0.5, 0.6) is 0 Å². The second-order valence-corrected chi connectivity index (χ2v) is 36.7. The van der Waals surface area contributed by atoms with Gasteiger partial charge in [-0.2, -0.15) is 0 Å². The Balaban J connectivity index is 0.000000102. The van der Waals surface area contributed by atoms with Gasteiger partial charge in [0.15, 0.2) is 11.6 Å². The summed E-state index contributed by atoms with van der Waals surface area (Å²) in [6, 6.07) is 171. The Morgan fingerprint density at radius 2 is 0.383 bits per heavy atom. The van der Waals surface area contributed by atoms with Crippen molar-refractivity contribution in [2.75, 3.05) is 0 Å². The van der Waals surface area contributed by atoms with E-state index in [2.05, 4.69) is 444 Å². The number of hydrogen-bond donors (Lipinski definition) is 0. The summed E-state index contributed by atoms with van der Waals surface area (Å²) in [5.41, 5.74) is 16.8. The van der Waals surface area contributed by atoms with Gasteiger partial charge >= 0.3 is 0 Å². The predicted molar refractivity (Wildman–Crippen MR) is 593 cm³/mol. The smallest absolute Gasteiger partial charge is 0.235 e. The summed E-state index contributed by atoms with van der Waals surface area (Å²) in [5.74, 6) is 3.01. The maximum Gasteiger partial charge on any atom is 0.235 e. The van der Waals surface area contributed by atoms with Crippen molar-refractivity contribution in [1.29, 1.82) is 0 Å². The van der Waals surface area contributed by atoms with Crippen molar-refractivity contribution in [2.24, 2.45) is 0 Å². The molecule has 0 unspecified atom stereocenters. The normalized spacial score (nSPS) is 12.0. The zero-order chi connectivity index (χ0) is 92.4. The number of aromatic nitrogens is 9. The molecule has 0 spiro atoms. The van der Waals surface area contributed by atoms with Crippen molar-refractivity contribution in [3.05, 3.63) is 479 Å². The van der Waals surface area contributed by atoms with Crippen molar-refractivity contribution in [1.82, 2.24) is 43.6 Å². The number of rotatable bonds is 7. The van der Waals surface area contributed by atoms with E-state index < -0.39 is 0 Å². The molecule has 6 aromatic heterocycles. The second-order valence-electron chi connectivity index (χ2n) is 36.7. The predicted octanol–water partition coefficient (Wildman–Crippen LogP) is 34.7. The van der Waals surface area contributed by atoms with Gasteiger partial charge in [-0.15, -0.1) is 0 Å². The van der Waals surface area contributed by atoms with E-state index in [1.807, 2.05) is 48.5 Å². The average molecular weight is 1790 g/mol. The molecule has 0 saturated heterocycles. The Morgan fingerprint density at radius 3 is 0.773 bits per heavy atom. The molecular weight excluding hydrogens is 1710 g/mol. The monoisotopic (exact) mass is 1790 g/mol. The fraction of sp³-hybridized carbons (Fsp3) is 0. The fourth-order valence-electron chi connectivity index (χ4n) is 23.4. The second kappa shape index (κ2) is 31.8. The van der Waals surface area contributed by atoms with E-state index in [9.17, 15) is 0 Å². The molecule has 0 aliphatic heterocycles. The lowest BCUT2D eigenvalue weighted by molar-refractivity contribution is 1.02. The van der Waals surface area contributed by atoms with Crippen LogP contribution in [0, 0.1) is 0 Å². The molecule has 31 aromatic rings. The summed E-state index contributed by atoms with van der Waals surface area (Å²) in [7, 11) is 0. The Labute approximate surface area is 807 Å². The van der Waals surface area contributed by atoms with Gasteiger partial charge < -0.3 is 4.57 Å². The first-order chi connectivity index (χ1) is 70.1. The molecule has 0 aliphatic carbocycles. The maximum atomic E-state index is 5.36. The minimum Gasteiger partial charge on any atom is -0.309 e. The van der Waals surface area contributed by atoms with E-state index in [1.165, 1.54) is 178 Å². The van der Waals surface area contributed by atoms with Crippen LogP contribution in [0.25, 0.3) is 290 Å². The molecule has 0 amide bonds. The third kappa shape index (κ3) is 12.1. The Bertz CT molecular complexity index is 10700. The van der Waals surface area contributed by atoms with Crippen LogP contribution in [0.15, 0.2) is 479 Å². The standard InChI is InChI=1S/C48H29N3.2C42H25N3/c1-2-14-31(15-3-1)48-49-41-24-12-10-22-39(41)46(50-48)30-26-28-32(29-27-30)51-42-25-13-11-23-40(42)45-44-36-19-7-5-17-34(36)33-16-4-6-18-35(33)43(44)37-20-8-9-21-38(37)47(45)51;1-2-14-26(15-3-1)41-43-35-24-12-10-22-33(35)42(44-41)45-36-25-13-11-23-34(36)39-38-30-19-7-5-17-28(30)27-16-4-6-18-29(27)37(38)31-20-8-9-21-32(31)40(39)45;1-2-14-26(15-3-1)40-33-22-10-12-24-35(33)43-42(44-40)45-36-25-13-11-23-34(36)39-38-30-19-7-5-17-28(30)27-16-4-6-18-29(27)37(38)31-20-8-9-21-32(31)41(39)45/h1-29H;2*1-25H. The molecule has 31 rings (SSSR count). The molecule has 0 aliphatic rings. The zero-order valence-electron chi connectivity index (χ0n) is 76.1. The Hall–Kier alpha value is -19.0. The van der Waals surface area contributed by atoms with Gasteiger partial charge in [0.05, 0.1) is 61.0 Å². The van der Waals surface area contributed by atoms with Gasteiger partial charge in [0.1, 0.15) is 5.82 Å². The van der Waals surface area contributed by atoms with Crippen LogP contribution in [0.3, 0.4) is 0 Å². The zero-order valence-corrected chi connectivity index (χ0v) is 76.1. The number of para-hydroxylation sites is 6. The third-order valence-electron chi connectivity index (χ3n) is 29.2. The maximum absolute atomic E-state index is 5.36. The van der Waals surface area contributed by atoms with Crippen LogP contribution in [0.1, 0.15) is 0 Å². The van der Waals surface area contributed by atoms with E-state index in [0.717, 1.165) is 106 Å². The number of fused-ring (bicyclic) bond motifs is 42. The van der Waals surface area contributed by atoms with E-state index >= 15 is 0 Å². The first kappa shape index (κ1) is 79.4. The molecule has 652 valence electrons. The summed E-state index contributed by atoms with van der Waals surface area (Å²) < 4.78 is 7.16. The van der Waals surface area contributed by atoms with Crippen LogP contribution < -0.4 is 0 Å².